The first-order chi connectivity index (χ1) is 13.6. The fraction of sp³-hybridized carbons (Fsp3) is 0.227. The fourth-order valence-electron chi connectivity index (χ4n) is 3.38. The largest absolute Gasteiger partial charge is 0.444 e. The van der Waals surface area contributed by atoms with Gasteiger partial charge in [0.05, 0.1) is 6.20 Å². The lowest BCUT2D eigenvalue weighted by atomic mass is 10.1. The number of hydrogen-bond acceptors (Lipinski definition) is 4. The molecular weight excluding hydrogens is 354 g/mol. The minimum absolute atomic E-state index is 0.0569. The molecule has 0 radical (unpaired) electrons. The molecule has 0 atom stereocenters. The van der Waals surface area contributed by atoms with E-state index in [1.807, 2.05) is 30.0 Å². The standard InChI is InChI=1S/C22H21N3O3/c1-15-12-18(22(27)25-10-2-3-11-25)8-9-19(15)24-21(26)17-6-4-16(5-7-17)20-13-23-14-28-20/h4-9,12-14H,2-3,10-11H2,1H3,(H,24,26). The van der Waals surface area contributed by atoms with Crippen LogP contribution in [0.4, 0.5) is 5.69 Å². The second-order valence-corrected chi connectivity index (χ2v) is 6.93. The van der Waals surface area contributed by atoms with Crippen molar-refractivity contribution in [3.05, 3.63) is 71.7 Å². The Bertz CT molecular complexity index is 988. The summed E-state index contributed by atoms with van der Waals surface area (Å²) < 4.78 is 5.26. The van der Waals surface area contributed by atoms with Crippen LogP contribution in [0.25, 0.3) is 11.3 Å². The second kappa shape index (κ2) is 7.68. The molecule has 6 nitrogen and oxygen atoms in total. The summed E-state index contributed by atoms with van der Waals surface area (Å²) in [5, 5.41) is 2.92. The lowest BCUT2D eigenvalue weighted by Crippen LogP contribution is -2.27. The average molecular weight is 375 g/mol. The van der Waals surface area contributed by atoms with Gasteiger partial charge >= 0.3 is 0 Å². The SMILES string of the molecule is Cc1cc(C(=O)N2CCCC2)ccc1NC(=O)c1ccc(-c2cnco2)cc1. The quantitative estimate of drug-likeness (QED) is 0.744. The van der Waals surface area contributed by atoms with Crippen molar-refractivity contribution in [3.8, 4) is 11.3 Å². The number of rotatable bonds is 4. The van der Waals surface area contributed by atoms with Gasteiger partial charge < -0.3 is 14.6 Å². The van der Waals surface area contributed by atoms with Gasteiger partial charge in [-0.1, -0.05) is 12.1 Å². The number of likely N-dealkylation sites (tertiary alicyclic amines) is 1. The zero-order valence-corrected chi connectivity index (χ0v) is 15.6. The van der Waals surface area contributed by atoms with Crippen LogP contribution in [0, 0.1) is 6.92 Å². The third-order valence-electron chi connectivity index (χ3n) is 4.98. The van der Waals surface area contributed by atoms with Crippen LogP contribution in [0.5, 0.6) is 0 Å². The number of hydrogen-bond donors (Lipinski definition) is 1. The van der Waals surface area contributed by atoms with E-state index in [-0.39, 0.29) is 11.8 Å². The van der Waals surface area contributed by atoms with E-state index in [1.54, 1.807) is 30.5 Å². The molecule has 0 spiro atoms. The van der Waals surface area contributed by atoms with Crippen LogP contribution >= 0.6 is 0 Å². The maximum absolute atomic E-state index is 12.6. The molecule has 0 bridgehead atoms. The van der Waals surface area contributed by atoms with Crippen LogP contribution in [0.1, 0.15) is 39.1 Å². The van der Waals surface area contributed by atoms with Crippen molar-refractivity contribution in [2.75, 3.05) is 18.4 Å². The van der Waals surface area contributed by atoms with Crippen molar-refractivity contribution in [2.45, 2.75) is 19.8 Å². The first-order valence-corrected chi connectivity index (χ1v) is 9.32. The molecule has 0 saturated carbocycles. The molecule has 28 heavy (non-hydrogen) atoms. The summed E-state index contributed by atoms with van der Waals surface area (Å²) in [7, 11) is 0. The number of carbonyl (C=O) groups excluding carboxylic acids is 2. The van der Waals surface area contributed by atoms with Gasteiger partial charge in [0.25, 0.3) is 11.8 Å². The molecule has 1 aromatic heterocycles. The van der Waals surface area contributed by atoms with Crippen LogP contribution in [-0.4, -0.2) is 34.8 Å². The summed E-state index contributed by atoms with van der Waals surface area (Å²) >= 11 is 0. The van der Waals surface area contributed by atoms with Crippen LogP contribution < -0.4 is 5.32 Å². The van der Waals surface area contributed by atoms with E-state index >= 15 is 0 Å². The molecule has 3 aromatic rings. The lowest BCUT2D eigenvalue weighted by molar-refractivity contribution is 0.0792. The van der Waals surface area contributed by atoms with Gasteiger partial charge in [-0.25, -0.2) is 4.98 Å². The Balaban J connectivity index is 1.46. The number of anilines is 1. The number of aromatic nitrogens is 1. The van der Waals surface area contributed by atoms with Crippen molar-refractivity contribution >= 4 is 17.5 Å². The van der Waals surface area contributed by atoms with Gasteiger partial charge in [-0.05, 0) is 55.7 Å². The Morgan fingerprint density at radius 3 is 2.39 bits per heavy atom. The molecule has 0 unspecified atom stereocenters. The van der Waals surface area contributed by atoms with Crippen molar-refractivity contribution < 1.29 is 14.0 Å². The molecule has 1 aliphatic heterocycles. The van der Waals surface area contributed by atoms with Gasteiger partial charge in [0.2, 0.25) is 0 Å². The molecule has 2 heterocycles. The third kappa shape index (κ3) is 3.67. The average Bonchev–Trinajstić information content (AvgIpc) is 3.43. The molecule has 2 aromatic carbocycles. The van der Waals surface area contributed by atoms with Gasteiger partial charge in [-0.3, -0.25) is 9.59 Å². The second-order valence-electron chi connectivity index (χ2n) is 6.93. The summed E-state index contributed by atoms with van der Waals surface area (Å²) in [6.45, 7) is 3.53. The highest BCUT2D eigenvalue weighted by Gasteiger charge is 2.20. The topological polar surface area (TPSA) is 75.4 Å². The fourth-order valence-corrected chi connectivity index (χ4v) is 3.38. The zero-order chi connectivity index (χ0) is 19.5. The van der Waals surface area contributed by atoms with E-state index < -0.39 is 0 Å². The van der Waals surface area contributed by atoms with Gasteiger partial charge in [-0.2, -0.15) is 0 Å². The first-order valence-electron chi connectivity index (χ1n) is 9.32. The van der Waals surface area contributed by atoms with E-state index in [2.05, 4.69) is 10.3 Å². The highest BCUT2D eigenvalue weighted by molar-refractivity contribution is 6.05. The van der Waals surface area contributed by atoms with Gasteiger partial charge in [-0.15, -0.1) is 0 Å². The van der Waals surface area contributed by atoms with Crippen molar-refractivity contribution in [1.82, 2.24) is 9.88 Å². The summed E-state index contributed by atoms with van der Waals surface area (Å²) in [5.41, 5.74) is 3.61. The smallest absolute Gasteiger partial charge is 0.255 e. The van der Waals surface area contributed by atoms with Gasteiger partial charge in [0.1, 0.15) is 0 Å². The summed E-state index contributed by atoms with van der Waals surface area (Å²) in [5.74, 6) is 0.508. The minimum atomic E-state index is -0.203. The molecule has 6 heteroatoms. The molecule has 4 rings (SSSR count). The van der Waals surface area contributed by atoms with Crippen molar-refractivity contribution in [1.29, 1.82) is 0 Å². The number of benzene rings is 2. The maximum atomic E-state index is 12.6. The Hall–Kier alpha value is -3.41. The van der Waals surface area contributed by atoms with Crippen LogP contribution in [-0.2, 0) is 0 Å². The Morgan fingerprint density at radius 1 is 1.04 bits per heavy atom. The summed E-state index contributed by atoms with van der Waals surface area (Å²) in [4.78, 5) is 30.9. The van der Waals surface area contributed by atoms with Gasteiger partial charge in [0.15, 0.2) is 12.2 Å². The zero-order valence-electron chi connectivity index (χ0n) is 15.6. The molecule has 142 valence electrons. The van der Waals surface area contributed by atoms with E-state index in [0.717, 1.165) is 37.1 Å². The number of amides is 2. The van der Waals surface area contributed by atoms with E-state index in [0.29, 0.717) is 22.6 Å². The van der Waals surface area contributed by atoms with Crippen LogP contribution in [0.2, 0.25) is 0 Å². The van der Waals surface area contributed by atoms with Crippen LogP contribution in [0.15, 0.2) is 59.5 Å². The number of nitrogens with one attached hydrogen (secondary N) is 1. The first kappa shape index (κ1) is 18.0. The monoisotopic (exact) mass is 375 g/mol. The summed E-state index contributed by atoms with van der Waals surface area (Å²) in [6.07, 6.45) is 5.13. The highest BCUT2D eigenvalue weighted by atomic mass is 16.3. The number of oxazole rings is 1. The van der Waals surface area contributed by atoms with E-state index in [9.17, 15) is 9.59 Å². The predicted molar refractivity (Wildman–Crippen MR) is 106 cm³/mol. The lowest BCUT2D eigenvalue weighted by Gasteiger charge is -2.16. The Labute approximate surface area is 163 Å². The minimum Gasteiger partial charge on any atom is -0.444 e. The number of carbonyl (C=O) groups is 2. The molecule has 1 saturated heterocycles. The number of aryl methyl sites for hydroxylation is 1. The predicted octanol–water partition coefficient (Wildman–Crippen LogP) is 4.14. The van der Waals surface area contributed by atoms with Gasteiger partial charge in [0, 0.05) is 35.5 Å². The molecule has 1 fully saturated rings. The Morgan fingerprint density at radius 2 is 1.75 bits per heavy atom. The Kier molecular flexibility index (Phi) is 4.93. The highest BCUT2D eigenvalue weighted by Crippen LogP contribution is 2.22. The molecule has 1 N–H and O–H groups in total. The number of nitrogens with zero attached hydrogens (tertiary/aromatic N) is 2. The molecular formula is C22H21N3O3. The van der Waals surface area contributed by atoms with Crippen molar-refractivity contribution in [2.24, 2.45) is 0 Å². The molecule has 1 aliphatic rings. The summed E-state index contributed by atoms with van der Waals surface area (Å²) in [6, 6.07) is 12.5. The molecule has 0 aliphatic carbocycles. The third-order valence-corrected chi connectivity index (χ3v) is 4.98. The van der Waals surface area contributed by atoms with E-state index in [4.69, 9.17) is 4.42 Å². The van der Waals surface area contributed by atoms with E-state index in [1.165, 1.54) is 6.39 Å². The van der Waals surface area contributed by atoms with Crippen LogP contribution in [0.3, 0.4) is 0 Å². The normalized spacial score (nSPS) is 13.5. The van der Waals surface area contributed by atoms with Crippen molar-refractivity contribution in [3.63, 3.8) is 0 Å². The maximum Gasteiger partial charge on any atom is 0.255 e. The molecule has 2 amide bonds.